The lowest BCUT2D eigenvalue weighted by Crippen LogP contribution is -2.32. The van der Waals surface area contributed by atoms with Crippen LogP contribution in [0.15, 0.2) is 35.5 Å². The molecule has 1 aromatic carbocycles. The highest BCUT2D eigenvalue weighted by atomic mass is 16.5. The summed E-state index contributed by atoms with van der Waals surface area (Å²) < 4.78 is 10.5. The number of amides is 1. The number of benzene rings is 1. The summed E-state index contributed by atoms with van der Waals surface area (Å²) >= 11 is 0. The number of nitrogens with zero attached hydrogens (tertiary/aromatic N) is 3. The maximum absolute atomic E-state index is 12.1. The van der Waals surface area contributed by atoms with Crippen molar-refractivity contribution in [2.45, 2.75) is 0 Å². The minimum Gasteiger partial charge on any atom is -0.493 e. The van der Waals surface area contributed by atoms with E-state index < -0.39 is 0 Å². The van der Waals surface area contributed by atoms with Crippen molar-refractivity contribution in [1.82, 2.24) is 9.80 Å². The van der Waals surface area contributed by atoms with E-state index in [0.717, 1.165) is 5.56 Å². The predicted molar refractivity (Wildman–Crippen MR) is 83.5 cm³/mol. The summed E-state index contributed by atoms with van der Waals surface area (Å²) in [6, 6.07) is 7.70. The molecule has 0 fully saturated rings. The molecule has 1 heterocycles. The fourth-order valence-electron chi connectivity index (χ4n) is 2.09. The molecule has 0 unspecified atom stereocenters. The van der Waals surface area contributed by atoms with E-state index in [1.54, 1.807) is 38.3 Å². The Morgan fingerprint density at radius 2 is 2.00 bits per heavy atom. The molecule has 1 aliphatic heterocycles. The third-order valence-corrected chi connectivity index (χ3v) is 3.37. The van der Waals surface area contributed by atoms with Gasteiger partial charge in [0.25, 0.3) is 5.91 Å². The fourth-order valence-corrected chi connectivity index (χ4v) is 2.09. The second-order valence-corrected chi connectivity index (χ2v) is 4.56. The number of carbonyl (C=O) groups excluding carboxylic acids is 1. The van der Waals surface area contributed by atoms with Crippen LogP contribution in [0.3, 0.4) is 0 Å². The SMILES string of the molecule is C#CN1CN=C(c2ccc(OC)c(OC)c2)N(C)C(=C)C1=O. The molecule has 1 amide bonds. The third kappa shape index (κ3) is 2.61. The van der Waals surface area contributed by atoms with Crippen LogP contribution in [0.2, 0.25) is 0 Å². The lowest BCUT2D eigenvalue weighted by atomic mass is 10.1. The van der Waals surface area contributed by atoms with E-state index in [1.807, 2.05) is 6.07 Å². The molecule has 0 spiro atoms. The number of hydrogen-bond acceptors (Lipinski definition) is 5. The summed E-state index contributed by atoms with van der Waals surface area (Å²) in [7, 11) is 4.84. The van der Waals surface area contributed by atoms with Crippen LogP contribution in [0.5, 0.6) is 11.5 Å². The summed E-state index contributed by atoms with van der Waals surface area (Å²) in [6.45, 7) is 3.86. The third-order valence-electron chi connectivity index (χ3n) is 3.37. The van der Waals surface area contributed by atoms with Crippen molar-refractivity contribution in [3.8, 4) is 24.0 Å². The topological polar surface area (TPSA) is 54.4 Å². The van der Waals surface area contributed by atoms with E-state index in [4.69, 9.17) is 15.9 Å². The van der Waals surface area contributed by atoms with Crippen LogP contribution in [0.25, 0.3) is 0 Å². The second kappa shape index (κ2) is 6.22. The first-order chi connectivity index (χ1) is 10.5. The molecule has 0 radical (unpaired) electrons. The lowest BCUT2D eigenvalue weighted by Gasteiger charge is -2.21. The van der Waals surface area contributed by atoms with Crippen LogP contribution in [-0.4, -0.2) is 49.5 Å². The van der Waals surface area contributed by atoms with Gasteiger partial charge in [-0.1, -0.05) is 13.0 Å². The first-order valence-corrected chi connectivity index (χ1v) is 6.51. The maximum Gasteiger partial charge on any atom is 0.283 e. The number of rotatable bonds is 3. The Labute approximate surface area is 129 Å². The van der Waals surface area contributed by atoms with Crippen molar-refractivity contribution >= 4 is 11.7 Å². The second-order valence-electron chi connectivity index (χ2n) is 4.56. The monoisotopic (exact) mass is 299 g/mol. The average Bonchev–Trinajstić information content (AvgIpc) is 2.66. The summed E-state index contributed by atoms with van der Waals surface area (Å²) in [4.78, 5) is 19.3. The number of aliphatic imine (C=N–C) groups is 1. The molecule has 6 nitrogen and oxygen atoms in total. The molecule has 0 atom stereocenters. The Balaban J connectivity index is 2.47. The van der Waals surface area contributed by atoms with Gasteiger partial charge in [0.2, 0.25) is 0 Å². The van der Waals surface area contributed by atoms with Gasteiger partial charge in [-0.15, -0.1) is 0 Å². The van der Waals surface area contributed by atoms with Crippen molar-refractivity contribution in [2.75, 3.05) is 27.9 Å². The van der Waals surface area contributed by atoms with Crippen molar-refractivity contribution in [2.24, 2.45) is 4.99 Å². The summed E-state index contributed by atoms with van der Waals surface area (Å²) in [5, 5.41) is 0. The van der Waals surface area contributed by atoms with E-state index >= 15 is 0 Å². The van der Waals surface area contributed by atoms with Gasteiger partial charge in [0.1, 0.15) is 18.2 Å². The highest BCUT2D eigenvalue weighted by molar-refractivity contribution is 6.06. The maximum atomic E-state index is 12.1. The average molecular weight is 299 g/mol. The van der Waals surface area contributed by atoms with Crippen LogP contribution in [0.1, 0.15) is 5.56 Å². The number of ether oxygens (including phenoxy) is 2. The molecule has 0 aromatic heterocycles. The van der Waals surface area contributed by atoms with Gasteiger partial charge in [-0.2, -0.15) is 0 Å². The number of hydrogen-bond donors (Lipinski definition) is 0. The summed E-state index contributed by atoms with van der Waals surface area (Å²) in [5.41, 5.74) is 1.02. The van der Waals surface area contributed by atoms with Gasteiger partial charge in [0.15, 0.2) is 11.5 Å². The van der Waals surface area contributed by atoms with Crippen LogP contribution in [0.4, 0.5) is 0 Å². The number of amidine groups is 1. The zero-order valence-electron chi connectivity index (χ0n) is 12.8. The van der Waals surface area contributed by atoms with Crippen LogP contribution in [0, 0.1) is 12.5 Å². The molecule has 0 N–H and O–H groups in total. The molecule has 6 heteroatoms. The smallest absolute Gasteiger partial charge is 0.283 e. The van der Waals surface area contributed by atoms with Crippen LogP contribution >= 0.6 is 0 Å². The van der Waals surface area contributed by atoms with E-state index in [0.29, 0.717) is 17.3 Å². The van der Waals surface area contributed by atoms with E-state index in [1.165, 1.54) is 4.90 Å². The zero-order chi connectivity index (χ0) is 16.3. The number of carbonyl (C=O) groups is 1. The molecule has 22 heavy (non-hydrogen) atoms. The standard InChI is InChI=1S/C16H17N3O3/c1-6-19-10-17-15(18(3)11(2)16(19)20)12-7-8-13(21-4)14(9-12)22-5/h1,7-9H,2,10H2,3-5H3. The lowest BCUT2D eigenvalue weighted by molar-refractivity contribution is -0.124. The quantitative estimate of drug-likeness (QED) is 0.623. The largest absolute Gasteiger partial charge is 0.493 e. The number of likely N-dealkylation sites (N-methyl/N-ethyl adjacent to an activating group) is 1. The van der Waals surface area contributed by atoms with Gasteiger partial charge >= 0.3 is 0 Å². The Hall–Kier alpha value is -2.94. The molecule has 1 aliphatic rings. The molecular weight excluding hydrogens is 282 g/mol. The van der Waals surface area contributed by atoms with Crippen molar-refractivity contribution in [3.63, 3.8) is 0 Å². The van der Waals surface area contributed by atoms with Gasteiger partial charge in [-0.25, -0.2) is 9.89 Å². The highest BCUT2D eigenvalue weighted by Gasteiger charge is 2.26. The normalized spacial score (nSPS) is 15.1. The summed E-state index contributed by atoms with van der Waals surface area (Å²) in [5.74, 6) is 1.43. The first kappa shape index (κ1) is 15.4. The van der Waals surface area contributed by atoms with Crippen molar-refractivity contribution in [3.05, 3.63) is 36.0 Å². The Bertz CT molecular complexity index is 688. The van der Waals surface area contributed by atoms with Gasteiger partial charge in [0, 0.05) is 18.7 Å². The Morgan fingerprint density at radius 1 is 1.32 bits per heavy atom. The zero-order valence-corrected chi connectivity index (χ0v) is 12.8. The van der Waals surface area contributed by atoms with Gasteiger partial charge < -0.3 is 14.4 Å². The van der Waals surface area contributed by atoms with Gasteiger partial charge in [0.05, 0.1) is 14.2 Å². The Kier molecular flexibility index (Phi) is 4.37. The van der Waals surface area contributed by atoms with E-state index in [-0.39, 0.29) is 18.3 Å². The first-order valence-electron chi connectivity index (χ1n) is 6.51. The van der Waals surface area contributed by atoms with Crippen molar-refractivity contribution in [1.29, 1.82) is 0 Å². The van der Waals surface area contributed by atoms with Gasteiger partial charge in [-0.05, 0) is 18.2 Å². The number of terminal acetylenes is 1. The van der Waals surface area contributed by atoms with E-state index in [9.17, 15) is 4.79 Å². The van der Waals surface area contributed by atoms with Crippen LogP contribution in [-0.2, 0) is 4.79 Å². The Morgan fingerprint density at radius 3 is 2.59 bits per heavy atom. The van der Waals surface area contributed by atoms with E-state index in [2.05, 4.69) is 17.6 Å². The molecule has 114 valence electrons. The molecule has 0 aliphatic carbocycles. The molecule has 0 bridgehead atoms. The molecular formula is C16H17N3O3. The molecule has 0 saturated carbocycles. The highest BCUT2D eigenvalue weighted by Crippen LogP contribution is 2.29. The van der Waals surface area contributed by atoms with Crippen molar-refractivity contribution < 1.29 is 14.3 Å². The summed E-state index contributed by atoms with van der Waals surface area (Å²) in [6.07, 6.45) is 5.33. The fraction of sp³-hybridized carbons (Fsp3) is 0.250. The van der Waals surface area contributed by atoms with Crippen LogP contribution < -0.4 is 9.47 Å². The number of methoxy groups -OCH3 is 2. The molecule has 0 saturated heterocycles. The molecule has 2 rings (SSSR count). The minimum atomic E-state index is -0.343. The predicted octanol–water partition coefficient (Wildman–Crippen LogP) is 1.29. The molecule has 1 aromatic rings. The van der Waals surface area contributed by atoms with Gasteiger partial charge in [-0.3, -0.25) is 4.79 Å². The minimum absolute atomic E-state index is 0.0718.